The van der Waals surface area contributed by atoms with Crippen molar-refractivity contribution in [2.75, 3.05) is 5.73 Å². The van der Waals surface area contributed by atoms with Gasteiger partial charge in [0.1, 0.15) is 17.1 Å². The van der Waals surface area contributed by atoms with Crippen molar-refractivity contribution in [3.05, 3.63) is 41.3 Å². The topological polar surface area (TPSA) is 61.3 Å². The molecule has 106 valence electrons. The molecule has 0 saturated carbocycles. The Morgan fingerprint density at radius 2 is 1.95 bits per heavy atom. The summed E-state index contributed by atoms with van der Waals surface area (Å²) < 4.78 is 45.6. The van der Waals surface area contributed by atoms with Crippen molar-refractivity contribution in [2.24, 2.45) is 0 Å². The van der Waals surface area contributed by atoms with E-state index < -0.39 is 6.36 Å². The maximum absolute atomic E-state index is 12.3. The number of alkyl halides is 3. The Hall–Kier alpha value is -2.44. The Morgan fingerprint density at radius 3 is 2.55 bits per heavy atom. The lowest BCUT2D eigenvalue weighted by atomic mass is 10.1. The number of rotatable bonds is 3. The predicted molar refractivity (Wildman–Crippen MR) is 67.7 cm³/mol. The number of nitrogens with zero attached hydrogens (tertiary/aromatic N) is 1. The smallest absolute Gasteiger partial charge is 0.405 e. The van der Waals surface area contributed by atoms with E-state index in [0.717, 1.165) is 0 Å². The van der Waals surface area contributed by atoms with E-state index in [1.54, 1.807) is 13.0 Å². The van der Waals surface area contributed by atoms with Crippen molar-refractivity contribution in [2.45, 2.75) is 13.3 Å². The van der Waals surface area contributed by atoms with Gasteiger partial charge in [0.15, 0.2) is 5.76 Å². The minimum atomic E-state index is -4.74. The number of aromatic nitrogens is 1. The van der Waals surface area contributed by atoms with E-state index in [4.69, 9.17) is 10.3 Å². The van der Waals surface area contributed by atoms with Gasteiger partial charge in [0.25, 0.3) is 0 Å². The van der Waals surface area contributed by atoms with Crippen molar-refractivity contribution in [3.63, 3.8) is 0 Å². The molecule has 2 N–H and O–H groups in total. The minimum absolute atomic E-state index is 0.255. The second-order valence-electron chi connectivity index (χ2n) is 3.96. The highest BCUT2D eigenvalue weighted by molar-refractivity contribution is 5.75. The molecule has 0 saturated heterocycles. The van der Waals surface area contributed by atoms with Gasteiger partial charge in [-0.25, -0.2) is 0 Å². The van der Waals surface area contributed by atoms with Crippen molar-refractivity contribution in [3.8, 4) is 5.75 Å². The summed E-state index contributed by atoms with van der Waals surface area (Å²) in [6.07, 6.45) is -1.85. The molecule has 0 aliphatic heterocycles. The number of ether oxygens (including phenoxy) is 1. The number of nitrogens with two attached hydrogens (primary N) is 1. The minimum Gasteiger partial charge on any atom is -0.405 e. The van der Waals surface area contributed by atoms with Gasteiger partial charge in [-0.05, 0) is 25.1 Å². The number of para-hydroxylation sites is 1. The fraction of sp³-hybridized carbons (Fsp3) is 0.154. The van der Waals surface area contributed by atoms with Gasteiger partial charge in [0.2, 0.25) is 0 Å². The summed E-state index contributed by atoms with van der Waals surface area (Å²) in [7, 11) is 0. The van der Waals surface area contributed by atoms with Crippen LogP contribution in [0.15, 0.2) is 28.8 Å². The predicted octanol–water partition coefficient (Wildman–Crippen LogP) is 3.63. The highest BCUT2D eigenvalue weighted by atomic mass is 19.4. The molecule has 0 fully saturated rings. The van der Waals surface area contributed by atoms with Gasteiger partial charge in [-0.2, -0.15) is 0 Å². The second-order valence-corrected chi connectivity index (χ2v) is 3.96. The average Bonchev–Trinajstić information content (AvgIpc) is 2.67. The van der Waals surface area contributed by atoms with E-state index in [0.29, 0.717) is 17.1 Å². The average molecular weight is 284 g/mol. The van der Waals surface area contributed by atoms with Gasteiger partial charge < -0.3 is 15.0 Å². The van der Waals surface area contributed by atoms with Crippen LogP contribution in [-0.4, -0.2) is 11.5 Å². The SMILES string of the molecule is Cc1onc(/C=C/c2ccccc2OC(F)(F)F)c1N. The Labute approximate surface area is 112 Å². The molecule has 1 aromatic heterocycles. The number of anilines is 1. The zero-order valence-corrected chi connectivity index (χ0v) is 10.4. The Bertz CT molecular complexity index is 633. The molecule has 4 nitrogen and oxygen atoms in total. The van der Waals surface area contributed by atoms with E-state index >= 15 is 0 Å². The van der Waals surface area contributed by atoms with Gasteiger partial charge in [0.05, 0.1) is 0 Å². The Kier molecular flexibility index (Phi) is 3.69. The van der Waals surface area contributed by atoms with Crippen LogP contribution in [0, 0.1) is 6.92 Å². The normalized spacial score (nSPS) is 12.0. The van der Waals surface area contributed by atoms with Crippen LogP contribution in [-0.2, 0) is 0 Å². The van der Waals surface area contributed by atoms with Gasteiger partial charge in [-0.15, -0.1) is 13.2 Å². The summed E-state index contributed by atoms with van der Waals surface area (Å²) in [5.74, 6) is 0.152. The van der Waals surface area contributed by atoms with Crippen molar-refractivity contribution < 1.29 is 22.4 Å². The molecule has 0 radical (unpaired) electrons. The van der Waals surface area contributed by atoms with Crippen LogP contribution in [0.3, 0.4) is 0 Å². The number of halogens is 3. The summed E-state index contributed by atoms with van der Waals surface area (Å²) in [4.78, 5) is 0. The standard InChI is InChI=1S/C13H11F3N2O2/c1-8-12(17)10(18-20-8)7-6-9-4-2-3-5-11(9)19-13(14,15)16/h2-7H,17H2,1H3/b7-6+. The molecular formula is C13H11F3N2O2. The Balaban J connectivity index is 2.27. The van der Waals surface area contributed by atoms with E-state index in [9.17, 15) is 13.2 Å². The largest absolute Gasteiger partial charge is 0.573 e. The molecule has 0 unspecified atom stereocenters. The molecule has 0 atom stereocenters. The van der Waals surface area contributed by atoms with Crippen LogP contribution in [0.5, 0.6) is 5.75 Å². The quantitative estimate of drug-likeness (QED) is 0.934. The van der Waals surface area contributed by atoms with Crippen LogP contribution in [0.4, 0.5) is 18.9 Å². The molecule has 0 bridgehead atoms. The lowest BCUT2D eigenvalue weighted by Crippen LogP contribution is -2.17. The number of hydrogen-bond acceptors (Lipinski definition) is 4. The second kappa shape index (κ2) is 5.28. The summed E-state index contributed by atoms with van der Waals surface area (Å²) in [6.45, 7) is 1.64. The summed E-state index contributed by atoms with van der Waals surface area (Å²) in [6, 6.07) is 5.76. The maximum atomic E-state index is 12.3. The molecule has 2 aromatic rings. The van der Waals surface area contributed by atoms with Crippen LogP contribution in [0.25, 0.3) is 12.2 Å². The lowest BCUT2D eigenvalue weighted by molar-refractivity contribution is -0.274. The first-order valence-electron chi connectivity index (χ1n) is 5.61. The summed E-state index contributed by atoms with van der Waals surface area (Å²) in [5, 5.41) is 3.68. The monoisotopic (exact) mass is 284 g/mol. The summed E-state index contributed by atoms with van der Waals surface area (Å²) >= 11 is 0. The zero-order chi connectivity index (χ0) is 14.8. The van der Waals surface area contributed by atoms with E-state index in [-0.39, 0.29) is 11.3 Å². The van der Waals surface area contributed by atoms with Crippen LogP contribution in [0.2, 0.25) is 0 Å². The van der Waals surface area contributed by atoms with Crippen LogP contribution >= 0.6 is 0 Å². The zero-order valence-electron chi connectivity index (χ0n) is 10.4. The third-order valence-corrected chi connectivity index (χ3v) is 2.50. The third kappa shape index (κ3) is 3.31. The van der Waals surface area contributed by atoms with Crippen molar-refractivity contribution in [1.82, 2.24) is 5.16 Å². The molecule has 0 spiro atoms. The molecular weight excluding hydrogens is 273 g/mol. The van der Waals surface area contributed by atoms with Crippen molar-refractivity contribution >= 4 is 17.8 Å². The van der Waals surface area contributed by atoms with E-state index in [1.165, 1.54) is 30.4 Å². The first-order valence-corrected chi connectivity index (χ1v) is 5.61. The fourth-order valence-corrected chi connectivity index (χ4v) is 1.52. The molecule has 0 aliphatic rings. The van der Waals surface area contributed by atoms with Gasteiger partial charge >= 0.3 is 6.36 Å². The number of hydrogen-bond donors (Lipinski definition) is 1. The lowest BCUT2D eigenvalue weighted by Gasteiger charge is -2.10. The molecule has 7 heteroatoms. The molecule has 1 aromatic carbocycles. The molecule has 2 rings (SSSR count). The molecule has 0 aliphatic carbocycles. The van der Waals surface area contributed by atoms with E-state index in [2.05, 4.69) is 9.89 Å². The van der Waals surface area contributed by atoms with Crippen LogP contribution < -0.4 is 10.5 Å². The Morgan fingerprint density at radius 1 is 1.25 bits per heavy atom. The highest BCUT2D eigenvalue weighted by Gasteiger charge is 2.31. The van der Waals surface area contributed by atoms with Gasteiger partial charge in [0, 0.05) is 5.56 Å². The van der Waals surface area contributed by atoms with Crippen molar-refractivity contribution in [1.29, 1.82) is 0 Å². The highest BCUT2D eigenvalue weighted by Crippen LogP contribution is 2.28. The number of benzene rings is 1. The maximum Gasteiger partial charge on any atom is 0.573 e. The molecule has 20 heavy (non-hydrogen) atoms. The van der Waals surface area contributed by atoms with Gasteiger partial charge in [-0.1, -0.05) is 23.4 Å². The number of aryl methyl sites for hydroxylation is 1. The van der Waals surface area contributed by atoms with E-state index in [1.807, 2.05) is 0 Å². The molecule has 1 heterocycles. The third-order valence-electron chi connectivity index (χ3n) is 2.50. The molecule has 0 amide bonds. The summed E-state index contributed by atoms with van der Waals surface area (Å²) in [5.41, 5.74) is 6.64. The number of nitrogen functional groups attached to an aromatic ring is 1. The van der Waals surface area contributed by atoms with Crippen LogP contribution in [0.1, 0.15) is 17.0 Å². The first kappa shape index (κ1) is 14.0. The fourth-order valence-electron chi connectivity index (χ4n) is 1.52. The first-order chi connectivity index (χ1) is 9.37. The van der Waals surface area contributed by atoms with Gasteiger partial charge in [-0.3, -0.25) is 0 Å².